The van der Waals surface area contributed by atoms with Crippen LogP contribution in [0, 0.1) is 11.8 Å². The van der Waals surface area contributed by atoms with Crippen molar-refractivity contribution in [2.45, 2.75) is 20.0 Å². The van der Waals surface area contributed by atoms with Crippen LogP contribution in [0.5, 0.6) is 5.88 Å². The minimum atomic E-state index is -0.761. The minimum Gasteiger partial charge on any atom is -0.481 e. The number of carboxylic acid groups (broad SMARTS) is 1. The Labute approximate surface area is 141 Å². The van der Waals surface area contributed by atoms with Gasteiger partial charge in [0.2, 0.25) is 11.8 Å². The molecule has 1 aliphatic rings. The van der Waals surface area contributed by atoms with E-state index in [1.165, 1.54) is 0 Å². The number of rotatable bonds is 5. The number of nitrogens with zero attached hydrogens (tertiary/aromatic N) is 3. The highest BCUT2D eigenvalue weighted by molar-refractivity contribution is 5.71. The summed E-state index contributed by atoms with van der Waals surface area (Å²) in [4.78, 5) is 22.0. The maximum absolute atomic E-state index is 11.3. The molecule has 1 saturated heterocycles. The molecule has 24 heavy (non-hydrogen) atoms. The SMILES string of the molecule is CC1CC(C(=O)O)CN(c2nccc(OCc3ccccc3)n2)C1. The molecule has 0 spiro atoms. The standard InChI is InChI=1S/C18H21N3O3/c1-13-9-15(17(22)23)11-21(10-13)18-19-8-7-16(20-18)24-12-14-5-3-2-4-6-14/h2-8,13,15H,9-12H2,1H3,(H,22,23). The maximum Gasteiger partial charge on any atom is 0.308 e. The topological polar surface area (TPSA) is 75.5 Å². The van der Waals surface area contributed by atoms with E-state index in [2.05, 4.69) is 16.9 Å². The molecule has 0 bridgehead atoms. The Hall–Kier alpha value is -2.63. The average Bonchev–Trinajstić information content (AvgIpc) is 2.60. The Morgan fingerprint density at radius 3 is 2.83 bits per heavy atom. The number of anilines is 1. The Balaban J connectivity index is 1.69. The Bertz CT molecular complexity index is 693. The third kappa shape index (κ3) is 4.01. The summed E-state index contributed by atoms with van der Waals surface area (Å²) in [6.07, 6.45) is 2.34. The third-order valence-electron chi connectivity index (χ3n) is 4.14. The molecule has 2 unspecified atom stereocenters. The number of aromatic nitrogens is 2. The van der Waals surface area contributed by atoms with Gasteiger partial charge in [-0.2, -0.15) is 4.98 Å². The number of benzene rings is 1. The first-order chi connectivity index (χ1) is 11.6. The molecule has 0 saturated carbocycles. The highest BCUT2D eigenvalue weighted by Gasteiger charge is 2.30. The fourth-order valence-corrected chi connectivity index (χ4v) is 2.99. The highest BCUT2D eigenvalue weighted by Crippen LogP contribution is 2.25. The van der Waals surface area contributed by atoms with Gasteiger partial charge < -0.3 is 14.7 Å². The van der Waals surface area contributed by atoms with Gasteiger partial charge in [-0.3, -0.25) is 4.79 Å². The molecule has 3 rings (SSSR count). The van der Waals surface area contributed by atoms with E-state index in [-0.39, 0.29) is 11.8 Å². The van der Waals surface area contributed by atoms with E-state index in [0.29, 0.717) is 31.4 Å². The molecule has 1 N–H and O–H groups in total. The van der Waals surface area contributed by atoms with Gasteiger partial charge in [0.1, 0.15) is 6.61 Å². The summed E-state index contributed by atoms with van der Waals surface area (Å²) < 4.78 is 5.73. The van der Waals surface area contributed by atoms with Crippen LogP contribution in [0.25, 0.3) is 0 Å². The smallest absolute Gasteiger partial charge is 0.308 e. The van der Waals surface area contributed by atoms with Crippen LogP contribution in [-0.2, 0) is 11.4 Å². The lowest BCUT2D eigenvalue weighted by Crippen LogP contribution is -2.43. The first-order valence-corrected chi connectivity index (χ1v) is 8.09. The van der Waals surface area contributed by atoms with Crippen molar-refractivity contribution in [1.29, 1.82) is 0 Å². The van der Waals surface area contributed by atoms with Crippen molar-refractivity contribution >= 4 is 11.9 Å². The summed E-state index contributed by atoms with van der Waals surface area (Å²) in [5.74, 6) is 0.166. The van der Waals surface area contributed by atoms with Gasteiger partial charge in [-0.25, -0.2) is 4.98 Å². The summed E-state index contributed by atoms with van der Waals surface area (Å²) >= 11 is 0. The van der Waals surface area contributed by atoms with E-state index in [1.54, 1.807) is 12.3 Å². The second kappa shape index (κ2) is 7.29. The van der Waals surface area contributed by atoms with Gasteiger partial charge >= 0.3 is 5.97 Å². The number of ether oxygens (including phenoxy) is 1. The van der Waals surface area contributed by atoms with Crippen LogP contribution in [-0.4, -0.2) is 34.1 Å². The number of piperidine rings is 1. The number of hydrogen-bond donors (Lipinski definition) is 1. The van der Waals surface area contributed by atoms with Crippen LogP contribution in [0.1, 0.15) is 18.9 Å². The number of hydrogen-bond acceptors (Lipinski definition) is 5. The predicted molar refractivity (Wildman–Crippen MR) is 89.9 cm³/mol. The van der Waals surface area contributed by atoms with E-state index in [0.717, 1.165) is 12.1 Å². The van der Waals surface area contributed by atoms with Gasteiger partial charge in [0.15, 0.2) is 0 Å². The highest BCUT2D eigenvalue weighted by atomic mass is 16.5. The lowest BCUT2D eigenvalue weighted by molar-refractivity contribution is -0.142. The number of aliphatic carboxylic acids is 1. The summed E-state index contributed by atoms with van der Waals surface area (Å²) in [6.45, 7) is 3.68. The summed E-state index contributed by atoms with van der Waals surface area (Å²) in [6, 6.07) is 11.6. The lowest BCUT2D eigenvalue weighted by atomic mass is 9.91. The predicted octanol–water partition coefficient (Wildman–Crippen LogP) is 2.60. The molecular weight excluding hydrogens is 306 g/mol. The summed E-state index contributed by atoms with van der Waals surface area (Å²) in [5.41, 5.74) is 1.06. The normalized spacial score (nSPS) is 20.6. The van der Waals surface area contributed by atoms with Crippen molar-refractivity contribution < 1.29 is 14.6 Å². The first-order valence-electron chi connectivity index (χ1n) is 8.09. The Morgan fingerprint density at radius 2 is 2.08 bits per heavy atom. The lowest BCUT2D eigenvalue weighted by Gasteiger charge is -2.34. The zero-order valence-corrected chi connectivity index (χ0v) is 13.6. The summed E-state index contributed by atoms with van der Waals surface area (Å²) in [7, 11) is 0. The molecule has 0 aliphatic carbocycles. The second-order valence-electron chi connectivity index (χ2n) is 6.25. The van der Waals surface area contributed by atoms with Gasteiger partial charge in [-0.1, -0.05) is 37.3 Å². The first kappa shape index (κ1) is 16.2. The molecule has 2 atom stereocenters. The van der Waals surface area contributed by atoms with Crippen molar-refractivity contribution in [3.63, 3.8) is 0 Å². The van der Waals surface area contributed by atoms with Crippen LogP contribution in [0.3, 0.4) is 0 Å². The fraction of sp³-hybridized carbons (Fsp3) is 0.389. The van der Waals surface area contributed by atoms with Crippen LogP contribution >= 0.6 is 0 Å². The molecule has 126 valence electrons. The van der Waals surface area contributed by atoms with E-state index in [4.69, 9.17) is 4.74 Å². The van der Waals surface area contributed by atoms with Crippen molar-refractivity contribution in [3.8, 4) is 5.88 Å². The molecule has 1 aromatic heterocycles. The zero-order chi connectivity index (χ0) is 16.9. The summed E-state index contributed by atoms with van der Waals surface area (Å²) in [5, 5.41) is 9.29. The quantitative estimate of drug-likeness (QED) is 0.910. The third-order valence-corrected chi connectivity index (χ3v) is 4.14. The number of carbonyl (C=O) groups is 1. The molecule has 0 radical (unpaired) electrons. The van der Waals surface area contributed by atoms with Crippen molar-refractivity contribution in [2.24, 2.45) is 11.8 Å². The Kier molecular flexibility index (Phi) is 4.93. The Morgan fingerprint density at radius 1 is 1.29 bits per heavy atom. The van der Waals surface area contributed by atoms with Gasteiger partial charge in [0.25, 0.3) is 0 Å². The largest absolute Gasteiger partial charge is 0.481 e. The van der Waals surface area contributed by atoms with Crippen LogP contribution < -0.4 is 9.64 Å². The molecule has 1 aromatic carbocycles. The van der Waals surface area contributed by atoms with Crippen molar-refractivity contribution in [3.05, 3.63) is 48.2 Å². The minimum absolute atomic E-state index is 0.289. The van der Waals surface area contributed by atoms with Gasteiger partial charge in [-0.05, 0) is 17.9 Å². The molecule has 1 fully saturated rings. The molecule has 0 amide bonds. The van der Waals surface area contributed by atoms with Gasteiger partial charge in [0.05, 0.1) is 5.92 Å². The monoisotopic (exact) mass is 327 g/mol. The second-order valence-corrected chi connectivity index (χ2v) is 6.25. The van der Waals surface area contributed by atoms with Crippen molar-refractivity contribution in [2.75, 3.05) is 18.0 Å². The van der Waals surface area contributed by atoms with Crippen LogP contribution in [0.15, 0.2) is 42.6 Å². The number of carboxylic acids is 1. The van der Waals surface area contributed by atoms with E-state index in [9.17, 15) is 9.90 Å². The van der Waals surface area contributed by atoms with E-state index in [1.807, 2.05) is 35.2 Å². The van der Waals surface area contributed by atoms with Gasteiger partial charge in [-0.15, -0.1) is 0 Å². The average molecular weight is 327 g/mol. The molecule has 6 nitrogen and oxygen atoms in total. The van der Waals surface area contributed by atoms with E-state index >= 15 is 0 Å². The molecular formula is C18H21N3O3. The molecule has 2 aromatic rings. The zero-order valence-electron chi connectivity index (χ0n) is 13.6. The van der Waals surface area contributed by atoms with Crippen molar-refractivity contribution in [1.82, 2.24) is 9.97 Å². The molecule has 2 heterocycles. The van der Waals surface area contributed by atoms with E-state index < -0.39 is 5.97 Å². The fourth-order valence-electron chi connectivity index (χ4n) is 2.99. The van der Waals surface area contributed by atoms with Crippen LogP contribution in [0.4, 0.5) is 5.95 Å². The van der Waals surface area contributed by atoms with Gasteiger partial charge in [0, 0.05) is 25.4 Å². The maximum atomic E-state index is 11.3. The van der Waals surface area contributed by atoms with Crippen LogP contribution in [0.2, 0.25) is 0 Å². The molecule has 6 heteroatoms. The molecule has 1 aliphatic heterocycles.